The molecule has 6 heteroatoms. The maximum Gasteiger partial charge on any atom is 0.178 e. The second-order valence-corrected chi connectivity index (χ2v) is 4.21. The van der Waals surface area contributed by atoms with Crippen LogP contribution in [0.25, 0.3) is 5.69 Å². The first-order valence-electron chi connectivity index (χ1n) is 6.72. The average Bonchev–Trinajstić information content (AvgIpc) is 2.96. The molecule has 108 valence electrons. The highest BCUT2D eigenvalue weighted by Crippen LogP contribution is 2.19. The molecule has 1 heterocycles. The van der Waals surface area contributed by atoms with Crippen LogP contribution >= 0.6 is 0 Å². The summed E-state index contributed by atoms with van der Waals surface area (Å²) in [5.74, 6) is 0. The lowest BCUT2D eigenvalue weighted by Gasteiger charge is -2.23. The van der Waals surface area contributed by atoms with Gasteiger partial charge >= 0.3 is 0 Å². The van der Waals surface area contributed by atoms with E-state index in [9.17, 15) is 0 Å². The molecule has 1 aromatic carbocycles. The molecule has 1 unspecified atom stereocenters. The van der Waals surface area contributed by atoms with Gasteiger partial charge in [0.1, 0.15) is 6.04 Å². The highest BCUT2D eigenvalue weighted by atomic mass is 16.7. The Labute approximate surface area is 118 Å². The summed E-state index contributed by atoms with van der Waals surface area (Å²) in [6.45, 7) is 4.88. The standard InChI is InChI=1S/C14H20N4O2/c1-3-19-14(20-4-2)13(15)12-10-16-17-18(12)11-8-6-5-7-9-11/h5-10,13-14H,3-4,15H2,1-2H3. The van der Waals surface area contributed by atoms with E-state index in [0.29, 0.717) is 13.2 Å². The van der Waals surface area contributed by atoms with E-state index >= 15 is 0 Å². The minimum atomic E-state index is -0.508. The first-order valence-corrected chi connectivity index (χ1v) is 6.72. The smallest absolute Gasteiger partial charge is 0.178 e. The number of benzene rings is 1. The summed E-state index contributed by atoms with van der Waals surface area (Å²) in [4.78, 5) is 0. The molecule has 20 heavy (non-hydrogen) atoms. The highest BCUT2D eigenvalue weighted by molar-refractivity contribution is 5.32. The summed E-state index contributed by atoms with van der Waals surface area (Å²) in [5.41, 5.74) is 7.90. The molecule has 0 saturated heterocycles. The Morgan fingerprint density at radius 1 is 1.15 bits per heavy atom. The summed E-state index contributed by atoms with van der Waals surface area (Å²) in [5, 5.41) is 8.03. The largest absolute Gasteiger partial charge is 0.351 e. The third-order valence-corrected chi connectivity index (χ3v) is 2.87. The molecule has 0 amide bonds. The van der Waals surface area contributed by atoms with Crippen molar-refractivity contribution in [3.8, 4) is 5.69 Å². The van der Waals surface area contributed by atoms with E-state index in [4.69, 9.17) is 15.2 Å². The molecule has 1 atom stereocenters. The van der Waals surface area contributed by atoms with Gasteiger partial charge in [-0.05, 0) is 26.0 Å². The predicted octanol–water partition coefficient (Wildman–Crippen LogP) is 1.67. The summed E-state index contributed by atoms with van der Waals surface area (Å²) >= 11 is 0. The van der Waals surface area contributed by atoms with Crippen molar-refractivity contribution in [3.63, 3.8) is 0 Å². The first kappa shape index (κ1) is 14.6. The van der Waals surface area contributed by atoms with Crippen LogP contribution in [0.4, 0.5) is 0 Å². The molecule has 2 N–H and O–H groups in total. The van der Waals surface area contributed by atoms with Crippen molar-refractivity contribution in [2.75, 3.05) is 13.2 Å². The van der Waals surface area contributed by atoms with Crippen LogP contribution in [-0.2, 0) is 9.47 Å². The Hall–Kier alpha value is -1.76. The number of ether oxygens (including phenoxy) is 2. The van der Waals surface area contributed by atoms with Crippen LogP contribution in [0, 0.1) is 0 Å². The lowest BCUT2D eigenvalue weighted by molar-refractivity contribution is -0.150. The minimum absolute atomic E-state index is 0.454. The zero-order valence-electron chi connectivity index (χ0n) is 11.8. The summed E-state index contributed by atoms with van der Waals surface area (Å²) < 4.78 is 12.8. The van der Waals surface area contributed by atoms with Gasteiger partial charge in [0.2, 0.25) is 0 Å². The molecule has 0 spiro atoms. The number of aromatic nitrogens is 3. The van der Waals surface area contributed by atoms with Gasteiger partial charge in [-0.1, -0.05) is 23.4 Å². The molecule has 6 nitrogen and oxygen atoms in total. The van der Waals surface area contributed by atoms with Crippen LogP contribution in [0.2, 0.25) is 0 Å². The van der Waals surface area contributed by atoms with Gasteiger partial charge in [0.15, 0.2) is 6.29 Å². The Bertz CT molecular complexity index is 509. The zero-order valence-corrected chi connectivity index (χ0v) is 11.8. The van der Waals surface area contributed by atoms with Gasteiger partial charge in [0.05, 0.1) is 17.6 Å². The van der Waals surface area contributed by atoms with Crippen molar-refractivity contribution in [1.29, 1.82) is 0 Å². The van der Waals surface area contributed by atoms with Crippen LogP contribution in [0.15, 0.2) is 36.5 Å². The van der Waals surface area contributed by atoms with E-state index in [2.05, 4.69) is 10.3 Å². The number of nitrogens with two attached hydrogens (primary N) is 1. The van der Waals surface area contributed by atoms with Gasteiger partial charge in [0, 0.05) is 13.2 Å². The monoisotopic (exact) mass is 276 g/mol. The van der Waals surface area contributed by atoms with Crippen LogP contribution < -0.4 is 5.73 Å². The van der Waals surface area contributed by atoms with Crippen molar-refractivity contribution in [2.45, 2.75) is 26.2 Å². The van der Waals surface area contributed by atoms with E-state index in [1.165, 1.54) is 0 Å². The number of rotatable bonds is 7. The molecule has 0 aliphatic carbocycles. The topological polar surface area (TPSA) is 75.2 Å². The molecule has 0 fully saturated rings. The summed E-state index contributed by atoms with van der Waals surface area (Å²) in [6, 6.07) is 9.26. The fourth-order valence-electron chi connectivity index (χ4n) is 1.96. The average molecular weight is 276 g/mol. The maximum absolute atomic E-state index is 6.24. The van der Waals surface area contributed by atoms with Gasteiger partial charge in [-0.25, -0.2) is 4.68 Å². The predicted molar refractivity (Wildman–Crippen MR) is 75.3 cm³/mol. The molecule has 2 rings (SSSR count). The Morgan fingerprint density at radius 2 is 1.80 bits per heavy atom. The molecular formula is C14H20N4O2. The molecule has 0 radical (unpaired) electrons. The molecule has 2 aromatic rings. The SMILES string of the molecule is CCOC(OCC)C(N)c1cnnn1-c1ccccc1. The second kappa shape index (κ2) is 7.14. The lowest BCUT2D eigenvalue weighted by Crippen LogP contribution is -2.33. The Kier molecular flexibility index (Phi) is 5.23. The van der Waals surface area contributed by atoms with E-state index in [0.717, 1.165) is 11.4 Å². The third kappa shape index (κ3) is 3.22. The Morgan fingerprint density at radius 3 is 2.40 bits per heavy atom. The number of hydrogen-bond donors (Lipinski definition) is 1. The summed E-state index contributed by atoms with van der Waals surface area (Å²) in [6.07, 6.45) is 1.13. The third-order valence-electron chi connectivity index (χ3n) is 2.87. The molecule has 1 aromatic heterocycles. The Balaban J connectivity index is 2.26. The van der Waals surface area contributed by atoms with E-state index in [1.54, 1.807) is 10.9 Å². The normalized spacial score (nSPS) is 12.8. The molecular weight excluding hydrogens is 256 g/mol. The highest BCUT2D eigenvalue weighted by Gasteiger charge is 2.24. The first-order chi connectivity index (χ1) is 9.77. The van der Waals surface area contributed by atoms with E-state index in [-0.39, 0.29) is 0 Å². The van der Waals surface area contributed by atoms with E-state index < -0.39 is 12.3 Å². The van der Waals surface area contributed by atoms with Gasteiger partial charge in [0.25, 0.3) is 0 Å². The van der Waals surface area contributed by atoms with Gasteiger partial charge < -0.3 is 15.2 Å². The van der Waals surface area contributed by atoms with Gasteiger partial charge in [-0.15, -0.1) is 5.10 Å². The fraction of sp³-hybridized carbons (Fsp3) is 0.429. The number of hydrogen-bond acceptors (Lipinski definition) is 5. The summed E-state index contributed by atoms with van der Waals surface area (Å²) in [7, 11) is 0. The van der Waals surface area contributed by atoms with Gasteiger partial charge in [-0.2, -0.15) is 0 Å². The van der Waals surface area contributed by atoms with Crippen molar-refractivity contribution >= 4 is 0 Å². The van der Waals surface area contributed by atoms with Crippen molar-refractivity contribution in [2.24, 2.45) is 5.73 Å². The molecule has 0 aliphatic rings. The van der Waals surface area contributed by atoms with Gasteiger partial charge in [-0.3, -0.25) is 0 Å². The quantitative estimate of drug-likeness (QED) is 0.778. The molecule has 0 bridgehead atoms. The zero-order chi connectivity index (χ0) is 14.4. The molecule has 0 aliphatic heterocycles. The van der Waals surface area contributed by atoms with Crippen molar-refractivity contribution in [1.82, 2.24) is 15.0 Å². The minimum Gasteiger partial charge on any atom is -0.351 e. The maximum atomic E-state index is 6.24. The van der Waals surface area contributed by atoms with Crippen molar-refractivity contribution in [3.05, 3.63) is 42.2 Å². The molecule has 0 saturated carbocycles. The van der Waals surface area contributed by atoms with Crippen LogP contribution in [0.5, 0.6) is 0 Å². The number of nitrogens with zero attached hydrogens (tertiary/aromatic N) is 3. The second-order valence-electron chi connectivity index (χ2n) is 4.21. The van der Waals surface area contributed by atoms with Crippen LogP contribution in [0.3, 0.4) is 0 Å². The number of para-hydroxylation sites is 1. The van der Waals surface area contributed by atoms with E-state index in [1.807, 2.05) is 44.2 Å². The lowest BCUT2D eigenvalue weighted by atomic mass is 10.2. The van der Waals surface area contributed by atoms with Crippen LogP contribution in [0.1, 0.15) is 25.6 Å². The van der Waals surface area contributed by atoms with Crippen molar-refractivity contribution < 1.29 is 9.47 Å². The van der Waals surface area contributed by atoms with Crippen LogP contribution in [-0.4, -0.2) is 34.5 Å². The fourth-order valence-corrected chi connectivity index (χ4v) is 1.96.